The van der Waals surface area contributed by atoms with E-state index in [1.165, 1.54) is 10.7 Å². The Kier molecular flexibility index (Phi) is 2.57. The van der Waals surface area contributed by atoms with E-state index in [9.17, 15) is 9.59 Å². The van der Waals surface area contributed by atoms with Crippen molar-refractivity contribution in [3.63, 3.8) is 0 Å². The SMILES string of the molecule is Cc1[nH]c(=O)cc2[nH]n(-c3ccccc3Cl)c(=O)c12. The molecule has 96 valence electrons. The van der Waals surface area contributed by atoms with Gasteiger partial charge < -0.3 is 4.98 Å². The summed E-state index contributed by atoms with van der Waals surface area (Å²) in [5.74, 6) is 0. The van der Waals surface area contributed by atoms with Gasteiger partial charge >= 0.3 is 0 Å². The van der Waals surface area contributed by atoms with E-state index in [1.807, 2.05) is 0 Å². The van der Waals surface area contributed by atoms with Gasteiger partial charge in [-0.3, -0.25) is 14.7 Å². The molecule has 0 amide bonds. The number of aromatic nitrogens is 3. The average Bonchev–Trinajstić information content (AvgIpc) is 2.67. The molecule has 0 aliphatic heterocycles. The third kappa shape index (κ3) is 1.79. The number of para-hydroxylation sites is 1. The first-order valence-corrected chi connectivity index (χ1v) is 6.05. The van der Waals surface area contributed by atoms with E-state index in [1.54, 1.807) is 31.2 Å². The zero-order valence-electron chi connectivity index (χ0n) is 10.0. The zero-order valence-corrected chi connectivity index (χ0v) is 10.8. The van der Waals surface area contributed by atoms with Gasteiger partial charge in [0.25, 0.3) is 5.56 Å². The van der Waals surface area contributed by atoms with Crippen molar-refractivity contribution in [2.24, 2.45) is 0 Å². The Balaban J connectivity index is 2.42. The van der Waals surface area contributed by atoms with Crippen LogP contribution in [0.5, 0.6) is 0 Å². The number of aromatic amines is 2. The summed E-state index contributed by atoms with van der Waals surface area (Å²) in [7, 11) is 0. The highest BCUT2D eigenvalue weighted by Gasteiger charge is 2.13. The molecule has 0 fully saturated rings. The highest BCUT2D eigenvalue weighted by Crippen LogP contribution is 2.19. The first-order chi connectivity index (χ1) is 9.08. The predicted molar refractivity (Wildman–Crippen MR) is 74.3 cm³/mol. The van der Waals surface area contributed by atoms with Gasteiger partial charge in [-0.05, 0) is 19.1 Å². The van der Waals surface area contributed by atoms with Crippen LogP contribution in [-0.4, -0.2) is 14.8 Å². The van der Waals surface area contributed by atoms with Crippen LogP contribution in [0.1, 0.15) is 5.69 Å². The highest BCUT2D eigenvalue weighted by atomic mass is 35.5. The fourth-order valence-corrected chi connectivity index (χ4v) is 2.36. The van der Waals surface area contributed by atoms with E-state index >= 15 is 0 Å². The molecule has 2 N–H and O–H groups in total. The van der Waals surface area contributed by atoms with Crippen molar-refractivity contribution in [3.8, 4) is 5.69 Å². The Morgan fingerprint density at radius 2 is 1.95 bits per heavy atom. The molecule has 3 aromatic rings. The number of halogens is 1. The summed E-state index contributed by atoms with van der Waals surface area (Å²) in [4.78, 5) is 26.4. The summed E-state index contributed by atoms with van der Waals surface area (Å²) in [6.45, 7) is 1.69. The number of aryl methyl sites for hydroxylation is 1. The van der Waals surface area contributed by atoms with Crippen LogP contribution >= 0.6 is 11.6 Å². The molecular weight excluding hydrogens is 266 g/mol. The number of H-pyrrole nitrogens is 2. The van der Waals surface area contributed by atoms with E-state index < -0.39 is 0 Å². The second kappa shape index (κ2) is 4.13. The summed E-state index contributed by atoms with van der Waals surface area (Å²) < 4.78 is 1.34. The Hall–Kier alpha value is -2.27. The molecule has 2 aromatic heterocycles. The molecule has 0 saturated carbocycles. The maximum atomic E-state index is 12.4. The van der Waals surface area contributed by atoms with Gasteiger partial charge in [0.2, 0.25) is 5.56 Å². The Bertz CT molecular complexity index is 889. The third-order valence-electron chi connectivity index (χ3n) is 2.97. The van der Waals surface area contributed by atoms with Crippen LogP contribution in [0.3, 0.4) is 0 Å². The lowest BCUT2D eigenvalue weighted by Crippen LogP contribution is -2.15. The molecule has 0 radical (unpaired) electrons. The average molecular weight is 276 g/mol. The molecule has 0 atom stereocenters. The van der Waals surface area contributed by atoms with Gasteiger partial charge in [0.15, 0.2) is 0 Å². The highest BCUT2D eigenvalue weighted by molar-refractivity contribution is 6.32. The van der Waals surface area contributed by atoms with Gasteiger partial charge in [0, 0.05) is 11.8 Å². The van der Waals surface area contributed by atoms with Gasteiger partial charge in [-0.15, -0.1) is 0 Å². The van der Waals surface area contributed by atoms with Gasteiger partial charge in [0.05, 0.1) is 21.6 Å². The van der Waals surface area contributed by atoms with Crippen LogP contribution < -0.4 is 11.1 Å². The molecule has 19 heavy (non-hydrogen) atoms. The van der Waals surface area contributed by atoms with Gasteiger partial charge in [-0.1, -0.05) is 23.7 Å². The maximum absolute atomic E-state index is 12.4. The molecule has 2 heterocycles. The van der Waals surface area contributed by atoms with Crippen LogP contribution in [0, 0.1) is 6.92 Å². The number of nitrogens with one attached hydrogen (secondary N) is 2. The monoisotopic (exact) mass is 275 g/mol. The fraction of sp³-hybridized carbons (Fsp3) is 0.0769. The van der Waals surface area contributed by atoms with Gasteiger partial charge in [0.1, 0.15) is 0 Å². The lowest BCUT2D eigenvalue weighted by atomic mass is 10.2. The standard InChI is InChI=1S/C13H10ClN3O2/c1-7-12-9(6-11(18)15-7)16-17(13(12)19)10-5-3-2-4-8(10)14/h2-6,16H,1H3,(H,15,18). The van der Waals surface area contributed by atoms with Crippen molar-refractivity contribution in [1.29, 1.82) is 0 Å². The van der Waals surface area contributed by atoms with Crippen molar-refractivity contribution >= 4 is 22.5 Å². The molecule has 6 heteroatoms. The summed E-state index contributed by atoms with van der Waals surface area (Å²) in [6.07, 6.45) is 0. The second-order valence-corrected chi connectivity index (χ2v) is 4.66. The minimum Gasteiger partial charge on any atom is -0.326 e. The van der Waals surface area contributed by atoms with Crippen LogP contribution in [0.2, 0.25) is 5.02 Å². The Morgan fingerprint density at radius 1 is 1.21 bits per heavy atom. The molecular formula is C13H10ClN3O2. The third-order valence-corrected chi connectivity index (χ3v) is 3.29. The molecule has 0 saturated heterocycles. The van der Waals surface area contributed by atoms with Crippen molar-refractivity contribution in [2.45, 2.75) is 6.92 Å². The van der Waals surface area contributed by atoms with Crippen molar-refractivity contribution in [2.75, 3.05) is 0 Å². The summed E-state index contributed by atoms with van der Waals surface area (Å²) >= 11 is 6.08. The zero-order chi connectivity index (χ0) is 13.6. The Labute approximate surface area is 112 Å². The molecule has 0 unspecified atom stereocenters. The lowest BCUT2D eigenvalue weighted by Gasteiger charge is -2.02. The molecule has 0 spiro atoms. The molecule has 5 nitrogen and oxygen atoms in total. The fourth-order valence-electron chi connectivity index (χ4n) is 2.14. The van der Waals surface area contributed by atoms with E-state index in [2.05, 4.69) is 10.1 Å². The van der Waals surface area contributed by atoms with E-state index in [-0.39, 0.29) is 11.1 Å². The number of hydrogen-bond donors (Lipinski definition) is 2. The van der Waals surface area contributed by atoms with Gasteiger partial charge in [-0.25, -0.2) is 4.68 Å². The number of hydrogen-bond acceptors (Lipinski definition) is 2. The van der Waals surface area contributed by atoms with Crippen molar-refractivity contribution < 1.29 is 0 Å². The summed E-state index contributed by atoms with van der Waals surface area (Å²) in [5.41, 5.74) is 1.09. The number of benzene rings is 1. The summed E-state index contributed by atoms with van der Waals surface area (Å²) in [6, 6.07) is 8.37. The number of fused-ring (bicyclic) bond motifs is 1. The largest absolute Gasteiger partial charge is 0.326 e. The molecule has 0 bridgehead atoms. The molecule has 3 rings (SSSR count). The number of pyridine rings is 1. The number of rotatable bonds is 1. The molecule has 1 aromatic carbocycles. The van der Waals surface area contributed by atoms with Crippen molar-refractivity contribution in [3.05, 3.63) is 61.8 Å². The van der Waals surface area contributed by atoms with Crippen LogP contribution in [0.4, 0.5) is 0 Å². The maximum Gasteiger partial charge on any atom is 0.280 e. The van der Waals surface area contributed by atoms with Crippen LogP contribution in [0.25, 0.3) is 16.6 Å². The van der Waals surface area contributed by atoms with E-state index in [4.69, 9.17) is 11.6 Å². The molecule has 0 aliphatic carbocycles. The second-order valence-electron chi connectivity index (χ2n) is 4.25. The molecule has 0 aliphatic rings. The first kappa shape index (κ1) is 11.8. The number of nitrogens with zero attached hydrogens (tertiary/aromatic N) is 1. The first-order valence-electron chi connectivity index (χ1n) is 5.67. The minimum absolute atomic E-state index is 0.239. The van der Waals surface area contributed by atoms with Crippen LogP contribution in [-0.2, 0) is 0 Å². The topological polar surface area (TPSA) is 70.7 Å². The van der Waals surface area contributed by atoms with Crippen LogP contribution in [0.15, 0.2) is 39.9 Å². The van der Waals surface area contributed by atoms with E-state index in [0.717, 1.165) is 0 Å². The van der Waals surface area contributed by atoms with Crippen molar-refractivity contribution in [1.82, 2.24) is 14.8 Å². The lowest BCUT2D eigenvalue weighted by molar-refractivity contribution is 0.863. The minimum atomic E-state index is -0.252. The smallest absolute Gasteiger partial charge is 0.280 e. The Morgan fingerprint density at radius 3 is 2.68 bits per heavy atom. The van der Waals surface area contributed by atoms with Gasteiger partial charge in [-0.2, -0.15) is 0 Å². The quantitative estimate of drug-likeness (QED) is 0.713. The predicted octanol–water partition coefficient (Wildman–Crippen LogP) is 1.97. The normalized spacial score (nSPS) is 11.1. The summed E-state index contributed by atoms with van der Waals surface area (Å²) in [5, 5.41) is 3.82. The van der Waals surface area contributed by atoms with E-state index in [0.29, 0.717) is 27.3 Å².